The van der Waals surface area contributed by atoms with Gasteiger partial charge in [0.05, 0.1) is 5.69 Å². The van der Waals surface area contributed by atoms with Gasteiger partial charge in [0, 0.05) is 32.1 Å². The van der Waals surface area contributed by atoms with Crippen molar-refractivity contribution in [2.24, 2.45) is 0 Å². The van der Waals surface area contributed by atoms with Crippen LogP contribution in [-0.4, -0.2) is 39.1 Å². The molecule has 5 nitrogen and oxygen atoms in total. The van der Waals surface area contributed by atoms with Gasteiger partial charge in [-0.15, -0.1) is 0 Å². The van der Waals surface area contributed by atoms with Crippen molar-refractivity contribution in [2.45, 2.75) is 26.7 Å². The summed E-state index contributed by atoms with van der Waals surface area (Å²) in [5.74, 6) is 0.202. The van der Waals surface area contributed by atoms with Crippen LogP contribution >= 0.6 is 0 Å². The van der Waals surface area contributed by atoms with Gasteiger partial charge >= 0.3 is 0 Å². The fourth-order valence-electron chi connectivity index (χ4n) is 2.68. The van der Waals surface area contributed by atoms with Gasteiger partial charge in [-0.1, -0.05) is 6.07 Å². The summed E-state index contributed by atoms with van der Waals surface area (Å²) in [6.45, 7) is 4.86. The molecule has 1 saturated heterocycles. The smallest absolute Gasteiger partial charge is 0.272 e. The van der Waals surface area contributed by atoms with Crippen LogP contribution in [0.25, 0.3) is 5.65 Å². The van der Waals surface area contributed by atoms with Gasteiger partial charge in [0.25, 0.3) is 5.91 Å². The first-order valence-corrected chi connectivity index (χ1v) is 6.83. The van der Waals surface area contributed by atoms with E-state index in [0.717, 1.165) is 16.9 Å². The van der Waals surface area contributed by atoms with Crippen LogP contribution in [0.2, 0.25) is 0 Å². The summed E-state index contributed by atoms with van der Waals surface area (Å²) in [7, 11) is 0. The molecule has 5 heteroatoms. The summed E-state index contributed by atoms with van der Waals surface area (Å²) < 4.78 is 1.85. The highest BCUT2D eigenvalue weighted by Crippen LogP contribution is 2.18. The van der Waals surface area contributed by atoms with Crippen LogP contribution in [0, 0.1) is 13.8 Å². The van der Waals surface area contributed by atoms with Crippen LogP contribution in [0.3, 0.4) is 0 Å². The molecule has 0 aromatic carbocycles. The maximum absolute atomic E-state index is 12.7. The van der Waals surface area contributed by atoms with E-state index in [4.69, 9.17) is 0 Å². The second-order valence-electron chi connectivity index (χ2n) is 5.26. The molecule has 0 atom stereocenters. The number of ketones is 1. The number of hydrogen-bond donors (Lipinski definition) is 0. The number of carbonyl (C=O) groups excluding carboxylic acids is 2. The first kappa shape index (κ1) is 12.8. The molecule has 0 bridgehead atoms. The van der Waals surface area contributed by atoms with E-state index in [9.17, 15) is 9.59 Å². The highest BCUT2D eigenvalue weighted by atomic mass is 16.2. The van der Waals surface area contributed by atoms with Gasteiger partial charge in [-0.05, 0) is 25.5 Å². The number of nitrogens with zero attached hydrogens (tertiary/aromatic N) is 3. The zero-order valence-corrected chi connectivity index (χ0v) is 11.7. The van der Waals surface area contributed by atoms with Crippen molar-refractivity contribution < 1.29 is 9.59 Å². The highest BCUT2D eigenvalue weighted by molar-refractivity contribution is 5.96. The van der Waals surface area contributed by atoms with Gasteiger partial charge < -0.3 is 4.90 Å². The Kier molecular flexibility index (Phi) is 3.04. The molecule has 0 aliphatic carbocycles. The molecule has 0 unspecified atom stereocenters. The fourth-order valence-corrected chi connectivity index (χ4v) is 2.68. The number of aryl methyl sites for hydroxylation is 2. The molecule has 3 rings (SSSR count). The molecule has 1 fully saturated rings. The van der Waals surface area contributed by atoms with Gasteiger partial charge in [0.1, 0.15) is 17.1 Å². The zero-order valence-electron chi connectivity index (χ0n) is 11.7. The van der Waals surface area contributed by atoms with E-state index in [-0.39, 0.29) is 11.7 Å². The Balaban J connectivity index is 2.01. The minimum absolute atomic E-state index is 0.0342. The van der Waals surface area contributed by atoms with E-state index in [1.54, 1.807) is 4.90 Å². The molecule has 1 aliphatic heterocycles. The Morgan fingerprint density at radius 1 is 1.25 bits per heavy atom. The van der Waals surface area contributed by atoms with E-state index < -0.39 is 0 Å². The molecule has 1 aliphatic rings. The third kappa shape index (κ3) is 1.99. The second-order valence-corrected chi connectivity index (χ2v) is 5.26. The lowest BCUT2D eigenvalue weighted by Gasteiger charge is -2.26. The number of hydrogen-bond acceptors (Lipinski definition) is 3. The number of imidazole rings is 1. The number of carbonyl (C=O) groups is 2. The monoisotopic (exact) mass is 271 g/mol. The lowest BCUT2D eigenvalue weighted by atomic mass is 10.1. The van der Waals surface area contributed by atoms with E-state index in [1.807, 2.05) is 36.6 Å². The number of aromatic nitrogens is 2. The minimum atomic E-state index is -0.0342. The van der Waals surface area contributed by atoms with Gasteiger partial charge in [-0.2, -0.15) is 0 Å². The summed E-state index contributed by atoms with van der Waals surface area (Å²) in [5.41, 5.74) is 3.21. The van der Waals surface area contributed by atoms with Crippen molar-refractivity contribution in [3.05, 3.63) is 35.3 Å². The molecule has 104 valence electrons. The van der Waals surface area contributed by atoms with Crippen LogP contribution in [0.4, 0.5) is 0 Å². The molecule has 1 amide bonds. The second kappa shape index (κ2) is 4.74. The van der Waals surface area contributed by atoms with Crippen LogP contribution in [0.5, 0.6) is 0 Å². The van der Waals surface area contributed by atoms with Gasteiger partial charge in [-0.3, -0.25) is 14.0 Å². The highest BCUT2D eigenvalue weighted by Gasteiger charge is 2.26. The van der Waals surface area contributed by atoms with Crippen LogP contribution in [0.1, 0.15) is 34.6 Å². The summed E-state index contributed by atoms with van der Waals surface area (Å²) in [6.07, 6.45) is 2.78. The van der Waals surface area contributed by atoms with Gasteiger partial charge in [0.15, 0.2) is 0 Å². The lowest BCUT2D eigenvalue weighted by molar-refractivity contribution is -0.120. The maximum atomic E-state index is 12.7. The predicted molar refractivity (Wildman–Crippen MR) is 74.8 cm³/mol. The number of pyridine rings is 1. The molecule has 2 aromatic rings. The molecule has 20 heavy (non-hydrogen) atoms. The topological polar surface area (TPSA) is 54.7 Å². The average Bonchev–Trinajstić information content (AvgIpc) is 2.77. The Bertz CT molecular complexity index is 692. The number of piperidine rings is 1. The molecule has 0 N–H and O–H groups in total. The van der Waals surface area contributed by atoms with Crippen molar-refractivity contribution in [2.75, 3.05) is 13.1 Å². The number of amides is 1. The summed E-state index contributed by atoms with van der Waals surface area (Å²) in [4.78, 5) is 30.2. The molecular formula is C15H17N3O2. The van der Waals surface area contributed by atoms with Gasteiger partial charge in [0.2, 0.25) is 0 Å². The maximum Gasteiger partial charge on any atom is 0.272 e. The molecule has 3 heterocycles. The van der Waals surface area contributed by atoms with E-state index in [2.05, 4.69) is 4.98 Å². The third-order valence-corrected chi connectivity index (χ3v) is 3.83. The van der Waals surface area contributed by atoms with Crippen LogP contribution < -0.4 is 0 Å². The van der Waals surface area contributed by atoms with Gasteiger partial charge in [-0.25, -0.2) is 4.98 Å². The number of likely N-dealkylation sites (tertiary alicyclic amines) is 1. The zero-order chi connectivity index (χ0) is 14.3. The Hall–Kier alpha value is -2.17. The molecular weight excluding hydrogens is 254 g/mol. The minimum Gasteiger partial charge on any atom is -0.336 e. The van der Waals surface area contributed by atoms with E-state index in [1.165, 1.54) is 0 Å². The third-order valence-electron chi connectivity index (χ3n) is 3.83. The number of Topliss-reactive ketones (excluding diaryl/α,β-unsaturated/α-hetero) is 1. The van der Waals surface area contributed by atoms with Crippen molar-refractivity contribution in [1.82, 2.24) is 14.3 Å². The Morgan fingerprint density at radius 2 is 1.95 bits per heavy atom. The predicted octanol–water partition coefficient (Wildman–Crippen LogP) is 1.76. The van der Waals surface area contributed by atoms with E-state index in [0.29, 0.717) is 31.6 Å². The summed E-state index contributed by atoms with van der Waals surface area (Å²) in [6, 6.07) is 3.90. The lowest BCUT2D eigenvalue weighted by Crippen LogP contribution is -2.39. The normalized spacial score (nSPS) is 15.9. The summed E-state index contributed by atoms with van der Waals surface area (Å²) >= 11 is 0. The molecule has 2 aromatic heterocycles. The average molecular weight is 271 g/mol. The number of rotatable bonds is 1. The van der Waals surface area contributed by atoms with E-state index >= 15 is 0 Å². The standard InChI is InChI=1S/C15H17N3O2/c1-10-4-3-7-18-13(11(2)16-14(10)18)15(20)17-8-5-12(19)6-9-17/h3-4,7H,5-6,8-9H2,1-2H3. The summed E-state index contributed by atoms with van der Waals surface area (Å²) in [5, 5.41) is 0. The van der Waals surface area contributed by atoms with Crippen molar-refractivity contribution in [1.29, 1.82) is 0 Å². The fraction of sp³-hybridized carbons (Fsp3) is 0.400. The van der Waals surface area contributed by atoms with Crippen LogP contribution in [-0.2, 0) is 4.79 Å². The van der Waals surface area contributed by atoms with Crippen molar-refractivity contribution in [3.8, 4) is 0 Å². The first-order chi connectivity index (χ1) is 9.58. The number of fused-ring (bicyclic) bond motifs is 1. The van der Waals surface area contributed by atoms with Crippen LogP contribution in [0.15, 0.2) is 18.3 Å². The Morgan fingerprint density at radius 3 is 2.65 bits per heavy atom. The largest absolute Gasteiger partial charge is 0.336 e. The van der Waals surface area contributed by atoms with Crippen molar-refractivity contribution in [3.63, 3.8) is 0 Å². The SMILES string of the molecule is Cc1nc2c(C)cccn2c1C(=O)N1CCC(=O)CC1. The molecule has 0 spiro atoms. The quantitative estimate of drug-likeness (QED) is 0.794. The first-order valence-electron chi connectivity index (χ1n) is 6.83. The van der Waals surface area contributed by atoms with Crippen molar-refractivity contribution >= 4 is 17.3 Å². The Labute approximate surface area is 117 Å². The molecule has 0 saturated carbocycles. The molecule has 0 radical (unpaired) electrons.